The molecule has 2 aromatic heterocycles. The van der Waals surface area contributed by atoms with Gasteiger partial charge in [-0.2, -0.15) is 10.2 Å². The summed E-state index contributed by atoms with van der Waals surface area (Å²) in [6, 6.07) is 1.58. The van der Waals surface area contributed by atoms with Crippen LogP contribution in [0, 0.1) is 13.8 Å². The number of carbonyl (C=O) groups is 2. The molecule has 8 nitrogen and oxygen atoms in total. The zero-order valence-corrected chi connectivity index (χ0v) is 15.2. The highest BCUT2D eigenvalue weighted by Gasteiger charge is 2.11. The van der Waals surface area contributed by atoms with Crippen LogP contribution in [0.2, 0.25) is 0 Å². The molecule has 0 fully saturated rings. The number of nitrogens with zero attached hydrogens (tertiary/aromatic N) is 4. The van der Waals surface area contributed by atoms with Gasteiger partial charge in [0.05, 0.1) is 23.1 Å². The molecule has 0 saturated carbocycles. The number of carboxylic acid groups (broad SMARTS) is 1. The van der Waals surface area contributed by atoms with Crippen molar-refractivity contribution in [3.8, 4) is 0 Å². The molecule has 2 N–H and O–H groups in total. The summed E-state index contributed by atoms with van der Waals surface area (Å²) < 4.78 is 4.38. The Balaban J connectivity index is 1.77. The summed E-state index contributed by atoms with van der Waals surface area (Å²) in [6.07, 6.45) is 2.33. The van der Waals surface area contributed by atoms with E-state index >= 15 is 0 Å². The molecule has 0 aliphatic carbocycles. The molecule has 0 bridgehead atoms. The molecule has 24 heavy (non-hydrogen) atoms. The van der Waals surface area contributed by atoms with Crippen molar-refractivity contribution in [2.45, 2.75) is 39.8 Å². The van der Waals surface area contributed by atoms with Crippen LogP contribution in [0.25, 0.3) is 0 Å². The number of nitrogens with one attached hydrogen (secondary N) is 1. The zero-order valence-electron chi connectivity index (χ0n) is 13.6. The van der Waals surface area contributed by atoms with Crippen LogP contribution in [-0.4, -0.2) is 43.1 Å². The first-order valence-electron chi connectivity index (χ1n) is 7.61. The lowest BCUT2D eigenvalue weighted by Crippen LogP contribution is -2.26. The second-order valence-electron chi connectivity index (χ2n) is 5.43. The summed E-state index contributed by atoms with van der Waals surface area (Å²) in [4.78, 5) is 22.5. The van der Waals surface area contributed by atoms with E-state index in [1.165, 1.54) is 4.68 Å². The third-order valence-electron chi connectivity index (χ3n) is 3.55. The number of aromatic nitrogens is 4. The summed E-state index contributed by atoms with van der Waals surface area (Å²) in [5, 5.41) is 19.9. The predicted octanol–water partition coefficient (Wildman–Crippen LogP) is 1.75. The van der Waals surface area contributed by atoms with Crippen LogP contribution < -0.4 is 5.32 Å². The lowest BCUT2D eigenvalue weighted by molar-refractivity contribution is -0.137. The zero-order chi connectivity index (χ0) is 17.7. The van der Waals surface area contributed by atoms with Crippen molar-refractivity contribution in [2.75, 3.05) is 6.54 Å². The van der Waals surface area contributed by atoms with E-state index in [0.717, 1.165) is 22.3 Å². The number of carboxylic acids is 1. The maximum Gasteiger partial charge on any atom is 0.305 e. The summed E-state index contributed by atoms with van der Waals surface area (Å²) >= 11 is 3.49. The molecule has 2 heterocycles. The average molecular weight is 398 g/mol. The molecule has 0 aromatic carbocycles. The van der Waals surface area contributed by atoms with Gasteiger partial charge in [0.15, 0.2) is 0 Å². The van der Waals surface area contributed by atoms with Crippen molar-refractivity contribution in [2.24, 2.45) is 0 Å². The van der Waals surface area contributed by atoms with Gasteiger partial charge in [0.1, 0.15) is 5.69 Å². The predicted molar refractivity (Wildman–Crippen MR) is 90.8 cm³/mol. The van der Waals surface area contributed by atoms with Crippen molar-refractivity contribution < 1.29 is 14.7 Å². The standard InChI is InChI=1S/C15H20BrN5O3/c1-10-14(16)11(2)21(18-10)7-3-6-17-15(24)12-4-8-20(19-12)9-5-13(22)23/h4,8H,3,5-7,9H2,1-2H3,(H,17,24)(H,22,23). The minimum absolute atomic E-state index is 0.0268. The van der Waals surface area contributed by atoms with Crippen LogP contribution in [0.3, 0.4) is 0 Å². The molecular weight excluding hydrogens is 378 g/mol. The maximum atomic E-state index is 12.0. The van der Waals surface area contributed by atoms with Crippen LogP contribution in [-0.2, 0) is 17.9 Å². The van der Waals surface area contributed by atoms with Crippen LogP contribution in [0.1, 0.15) is 34.7 Å². The maximum absolute atomic E-state index is 12.0. The summed E-state index contributed by atoms with van der Waals surface area (Å²) in [6.45, 7) is 5.40. The van der Waals surface area contributed by atoms with Crippen molar-refractivity contribution in [1.29, 1.82) is 0 Å². The van der Waals surface area contributed by atoms with Gasteiger partial charge in [-0.3, -0.25) is 19.0 Å². The Bertz CT molecular complexity index is 738. The largest absolute Gasteiger partial charge is 0.481 e. The van der Waals surface area contributed by atoms with E-state index in [1.54, 1.807) is 12.3 Å². The lowest BCUT2D eigenvalue weighted by atomic mass is 10.3. The molecule has 0 saturated heterocycles. The van der Waals surface area contributed by atoms with Gasteiger partial charge in [0.2, 0.25) is 0 Å². The molecule has 0 atom stereocenters. The Morgan fingerprint density at radius 1 is 1.29 bits per heavy atom. The molecule has 2 aromatic rings. The Morgan fingerprint density at radius 2 is 2.04 bits per heavy atom. The van der Waals surface area contributed by atoms with E-state index in [0.29, 0.717) is 13.1 Å². The van der Waals surface area contributed by atoms with Crippen molar-refractivity contribution in [1.82, 2.24) is 24.9 Å². The number of aliphatic carboxylic acids is 1. The molecule has 0 spiro atoms. The van der Waals surface area contributed by atoms with Gasteiger partial charge < -0.3 is 10.4 Å². The van der Waals surface area contributed by atoms with Crippen molar-refractivity contribution in [3.05, 3.63) is 33.8 Å². The Kier molecular flexibility index (Phi) is 6.13. The first kappa shape index (κ1) is 18.2. The first-order valence-corrected chi connectivity index (χ1v) is 8.40. The minimum Gasteiger partial charge on any atom is -0.481 e. The molecule has 1 amide bonds. The van der Waals surface area contributed by atoms with Crippen molar-refractivity contribution >= 4 is 27.8 Å². The number of hydrogen-bond acceptors (Lipinski definition) is 4. The molecule has 0 aliphatic heterocycles. The van der Waals surface area contributed by atoms with Gasteiger partial charge in [0, 0.05) is 25.0 Å². The van der Waals surface area contributed by atoms with Crippen LogP contribution in [0.15, 0.2) is 16.7 Å². The van der Waals surface area contributed by atoms with Gasteiger partial charge in [0.25, 0.3) is 5.91 Å². The number of amides is 1. The second-order valence-corrected chi connectivity index (χ2v) is 6.22. The normalized spacial score (nSPS) is 10.8. The molecular formula is C15H20BrN5O3. The number of aryl methyl sites for hydroxylation is 3. The summed E-state index contributed by atoms with van der Waals surface area (Å²) in [5.74, 6) is -1.16. The summed E-state index contributed by atoms with van der Waals surface area (Å²) in [7, 11) is 0. The van der Waals surface area contributed by atoms with Crippen LogP contribution in [0.4, 0.5) is 0 Å². The lowest BCUT2D eigenvalue weighted by Gasteiger charge is -2.06. The van der Waals surface area contributed by atoms with Gasteiger partial charge in [-0.1, -0.05) is 0 Å². The van der Waals surface area contributed by atoms with Crippen LogP contribution in [0.5, 0.6) is 0 Å². The van der Waals surface area contributed by atoms with Gasteiger partial charge >= 0.3 is 5.97 Å². The van der Waals surface area contributed by atoms with E-state index in [-0.39, 0.29) is 24.6 Å². The Morgan fingerprint density at radius 3 is 2.67 bits per heavy atom. The van der Waals surface area contributed by atoms with Gasteiger partial charge in [-0.15, -0.1) is 0 Å². The van der Waals surface area contributed by atoms with Gasteiger partial charge in [-0.25, -0.2) is 0 Å². The van der Waals surface area contributed by atoms with E-state index < -0.39 is 5.97 Å². The van der Waals surface area contributed by atoms with E-state index in [1.807, 2.05) is 18.5 Å². The van der Waals surface area contributed by atoms with E-state index in [2.05, 4.69) is 31.4 Å². The van der Waals surface area contributed by atoms with E-state index in [9.17, 15) is 9.59 Å². The number of halogens is 1. The van der Waals surface area contributed by atoms with Crippen molar-refractivity contribution in [3.63, 3.8) is 0 Å². The molecule has 2 rings (SSSR count). The summed E-state index contributed by atoms with van der Waals surface area (Å²) in [5.41, 5.74) is 2.30. The third kappa shape index (κ3) is 4.67. The molecule has 0 unspecified atom stereocenters. The Labute approximate surface area is 148 Å². The SMILES string of the molecule is Cc1nn(CCCNC(=O)c2ccn(CCC(=O)O)n2)c(C)c1Br. The highest BCUT2D eigenvalue weighted by atomic mass is 79.9. The quantitative estimate of drug-likeness (QED) is 0.660. The molecule has 9 heteroatoms. The second kappa shape index (κ2) is 8.09. The van der Waals surface area contributed by atoms with Crippen LogP contribution >= 0.6 is 15.9 Å². The molecule has 130 valence electrons. The smallest absolute Gasteiger partial charge is 0.305 e. The average Bonchev–Trinajstić information content (AvgIpc) is 3.11. The molecule has 0 radical (unpaired) electrons. The third-order valence-corrected chi connectivity index (χ3v) is 4.70. The van der Waals surface area contributed by atoms with Gasteiger partial charge in [-0.05, 0) is 42.3 Å². The fourth-order valence-electron chi connectivity index (χ4n) is 2.23. The fourth-order valence-corrected chi connectivity index (χ4v) is 2.52. The number of rotatable bonds is 8. The topological polar surface area (TPSA) is 102 Å². The Hall–Kier alpha value is -2.16. The molecule has 0 aliphatic rings. The number of hydrogen-bond donors (Lipinski definition) is 2. The highest BCUT2D eigenvalue weighted by Crippen LogP contribution is 2.19. The highest BCUT2D eigenvalue weighted by molar-refractivity contribution is 9.10. The first-order chi connectivity index (χ1) is 11.4. The minimum atomic E-state index is -0.896. The van der Waals surface area contributed by atoms with E-state index in [4.69, 9.17) is 5.11 Å². The fraction of sp³-hybridized carbons (Fsp3) is 0.467. The number of carbonyl (C=O) groups excluding carboxylic acids is 1. The monoisotopic (exact) mass is 397 g/mol.